The summed E-state index contributed by atoms with van der Waals surface area (Å²) in [6.07, 6.45) is 1.36. The van der Waals surface area contributed by atoms with Crippen LogP contribution in [-0.4, -0.2) is 15.5 Å². The Morgan fingerprint density at radius 3 is 2.58 bits per heavy atom. The van der Waals surface area contributed by atoms with Gasteiger partial charge in [-0.05, 0) is 48.4 Å². The van der Waals surface area contributed by atoms with E-state index in [2.05, 4.69) is 54.0 Å². The predicted octanol–water partition coefficient (Wildman–Crippen LogP) is 4.67. The van der Waals surface area contributed by atoms with Gasteiger partial charge in [0, 0.05) is 12.0 Å². The molecular formula is C22H17N3O. The van der Waals surface area contributed by atoms with E-state index < -0.39 is 5.66 Å². The van der Waals surface area contributed by atoms with Crippen LogP contribution in [-0.2, 0) is 10.5 Å². The van der Waals surface area contributed by atoms with Crippen molar-refractivity contribution in [1.29, 1.82) is 0 Å². The van der Waals surface area contributed by atoms with E-state index in [4.69, 9.17) is 4.98 Å². The summed E-state index contributed by atoms with van der Waals surface area (Å²) >= 11 is 0. The maximum Gasteiger partial charge on any atom is 0.229 e. The highest BCUT2D eigenvalue weighted by Gasteiger charge is 2.49. The highest BCUT2D eigenvalue weighted by atomic mass is 16.2. The lowest BCUT2D eigenvalue weighted by Crippen LogP contribution is -2.48. The molecule has 4 nitrogen and oxygen atoms in total. The SMILES string of the molecule is CC12CCC(=O)N1c1ccccc1-c1nc3cc4ccccc4cc3n12. The molecule has 1 atom stereocenters. The van der Waals surface area contributed by atoms with Crippen molar-refractivity contribution >= 4 is 33.4 Å². The summed E-state index contributed by atoms with van der Waals surface area (Å²) in [5.41, 5.74) is 3.68. The third-order valence-electron chi connectivity index (χ3n) is 5.93. The van der Waals surface area contributed by atoms with E-state index in [1.54, 1.807) is 0 Å². The smallest absolute Gasteiger partial charge is 0.229 e. The van der Waals surface area contributed by atoms with Gasteiger partial charge in [0.2, 0.25) is 5.91 Å². The van der Waals surface area contributed by atoms with Crippen LogP contribution >= 0.6 is 0 Å². The van der Waals surface area contributed by atoms with Crippen molar-refractivity contribution in [2.45, 2.75) is 25.4 Å². The van der Waals surface area contributed by atoms with Crippen LogP contribution in [0.15, 0.2) is 60.7 Å². The molecule has 1 aromatic heterocycles. The number of carbonyl (C=O) groups is 1. The second-order valence-electron chi connectivity index (χ2n) is 7.42. The number of carbonyl (C=O) groups excluding carboxylic acids is 1. The zero-order valence-corrected chi connectivity index (χ0v) is 14.4. The molecule has 2 aliphatic heterocycles. The monoisotopic (exact) mass is 339 g/mol. The number of rotatable bonds is 0. The Bertz CT molecular complexity index is 1240. The predicted molar refractivity (Wildman–Crippen MR) is 103 cm³/mol. The first-order valence-electron chi connectivity index (χ1n) is 9.01. The Balaban J connectivity index is 1.79. The molecule has 0 N–H and O–H groups in total. The van der Waals surface area contributed by atoms with E-state index in [1.165, 1.54) is 10.8 Å². The summed E-state index contributed by atoms with van der Waals surface area (Å²) in [4.78, 5) is 19.7. The van der Waals surface area contributed by atoms with E-state index in [9.17, 15) is 4.79 Å². The van der Waals surface area contributed by atoms with Gasteiger partial charge in [-0.1, -0.05) is 36.4 Å². The maximum atomic E-state index is 12.7. The topological polar surface area (TPSA) is 38.1 Å². The minimum Gasteiger partial charge on any atom is -0.300 e. The molecule has 0 saturated carbocycles. The zero-order chi connectivity index (χ0) is 17.5. The first kappa shape index (κ1) is 14.1. The summed E-state index contributed by atoms with van der Waals surface area (Å²) in [5.74, 6) is 1.15. The number of nitrogens with zero attached hydrogens (tertiary/aromatic N) is 3. The van der Waals surface area contributed by atoms with Crippen molar-refractivity contribution in [2.24, 2.45) is 0 Å². The average Bonchev–Trinajstić information content (AvgIpc) is 3.18. The Labute approximate surface area is 150 Å². The number of hydrogen-bond acceptors (Lipinski definition) is 2. The van der Waals surface area contributed by atoms with Crippen molar-refractivity contribution in [3.8, 4) is 11.4 Å². The molecule has 4 aromatic rings. The number of hydrogen-bond donors (Lipinski definition) is 0. The van der Waals surface area contributed by atoms with Crippen LogP contribution in [0.4, 0.5) is 5.69 Å². The molecule has 0 aliphatic carbocycles. The molecule has 1 fully saturated rings. The second kappa shape index (κ2) is 4.52. The number of benzene rings is 3. The molecule has 6 rings (SSSR count). The molecule has 0 bridgehead atoms. The van der Waals surface area contributed by atoms with Crippen molar-refractivity contribution in [3.05, 3.63) is 60.7 Å². The normalized spacial score (nSPS) is 21.1. The van der Waals surface area contributed by atoms with Crippen LogP contribution in [0.5, 0.6) is 0 Å². The van der Waals surface area contributed by atoms with Gasteiger partial charge in [-0.25, -0.2) is 4.98 Å². The third-order valence-corrected chi connectivity index (χ3v) is 5.93. The zero-order valence-electron chi connectivity index (χ0n) is 14.4. The van der Waals surface area contributed by atoms with Gasteiger partial charge in [-0.2, -0.15) is 0 Å². The number of aromatic nitrogens is 2. The summed E-state index contributed by atoms with van der Waals surface area (Å²) in [6.45, 7) is 2.16. The van der Waals surface area contributed by atoms with Gasteiger partial charge < -0.3 is 0 Å². The largest absolute Gasteiger partial charge is 0.300 e. The van der Waals surface area contributed by atoms with Crippen LogP contribution < -0.4 is 4.90 Å². The van der Waals surface area contributed by atoms with Gasteiger partial charge in [-0.15, -0.1) is 0 Å². The molecule has 3 aromatic carbocycles. The average molecular weight is 339 g/mol. The molecule has 126 valence electrons. The van der Waals surface area contributed by atoms with Gasteiger partial charge in [0.25, 0.3) is 0 Å². The van der Waals surface area contributed by atoms with E-state index in [0.717, 1.165) is 34.5 Å². The van der Waals surface area contributed by atoms with Gasteiger partial charge in [0.05, 0.1) is 16.7 Å². The highest BCUT2D eigenvalue weighted by Crippen LogP contribution is 2.50. The Morgan fingerprint density at radius 2 is 1.73 bits per heavy atom. The van der Waals surface area contributed by atoms with Gasteiger partial charge in [-0.3, -0.25) is 14.3 Å². The third kappa shape index (κ3) is 1.55. The standard InChI is InChI=1S/C22H17N3O/c1-22-11-10-20(26)24(22)18-9-5-4-8-16(18)21-23-17-12-14-6-2-3-7-15(14)13-19(17)25(21)22/h2-9,12-13H,10-11H2,1H3. The minimum absolute atomic E-state index is 0.188. The fourth-order valence-electron chi connectivity index (χ4n) is 4.73. The first-order valence-corrected chi connectivity index (χ1v) is 9.01. The lowest BCUT2D eigenvalue weighted by Gasteiger charge is -2.42. The van der Waals surface area contributed by atoms with E-state index in [0.29, 0.717) is 6.42 Å². The number of imidazole rings is 1. The van der Waals surface area contributed by atoms with Crippen LogP contribution in [0.25, 0.3) is 33.2 Å². The molecule has 3 heterocycles. The minimum atomic E-state index is -0.405. The number of fused-ring (bicyclic) bond motifs is 9. The first-order chi connectivity index (χ1) is 12.7. The lowest BCUT2D eigenvalue weighted by molar-refractivity contribution is -0.117. The van der Waals surface area contributed by atoms with Crippen molar-refractivity contribution in [2.75, 3.05) is 4.90 Å². The number of anilines is 1. The van der Waals surface area contributed by atoms with Crippen molar-refractivity contribution in [1.82, 2.24) is 9.55 Å². The quantitative estimate of drug-likeness (QED) is 0.467. The molecule has 0 radical (unpaired) electrons. The molecule has 26 heavy (non-hydrogen) atoms. The van der Waals surface area contributed by atoms with Gasteiger partial charge in [0.15, 0.2) is 0 Å². The maximum absolute atomic E-state index is 12.7. The summed E-state index contributed by atoms with van der Waals surface area (Å²) in [7, 11) is 0. The number of para-hydroxylation sites is 1. The number of amides is 1. The summed E-state index contributed by atoms with van der Waals surface area (Å²) in [6, 6.07) is 20.8. The fourth-order valence-corrected chi connectivity index (χ4v) is 4.73. The second-order valence-corrected chi connectivity index (χ2v) is 7.42. The van der Waals surface area contributed by atoms with Crippen molar-refractivity contribution < 1.29 is 4.79 Å². The van der Waals surface area contributed by atoms with Gasteiger partial charge >= 0.3 is 0 Å². The Morgan fingerprint density at radius 1 is 1.00 bits per heavy atom. The van der Waals surface area contributed by atoms with Crippen LogP contribution in [0.1, 0.15) is 19.8 Å². The highest BCUT2D eigenvalue weighted by molar-refractivity contribution is 6.04. The van der Waals surface area contributed by atoms with Gasteiger partial charge in [0.1, 0.15) is 11.5 Å². The van der Waals surface area contributed by atoms with E-state index in [-0.39, 0.29) is 5.91 Å². The Kier molecular flexibility index (Phi) is 2.45. The van der Waals surface area contributed by atoms with Crippen LogP contribution in [0, 0.1) is 0 Å². The molecule has 1 saturated heterocycles. The lowest BCUT2D eigenvalue weighted by atomic mass is 10.0. The molecule has 2 aliphatic rings. The molecule has 0 spiro atoms. The van der Waals surface area contributed by atoms with E-state index in [1.807, 2.05) is 23.1 Å². The van der Waals surface area contributed by atoms with E-state index >= 15 is 0 Å². The molecular weight excluding hydrogens is 322 g/mol. The Hall–Kier alpha value is -3.14. The molecule has 1 unspecified atom stereocenters. The van der Waals surface area contributed by atoms with Crippen LogP contribution in [0.3, 0.4) is 0 Å². The molecule has 1 amide bonds. The van der Waals surface area contributed by atoms with Crippen molar-refractivity contribution in [3.63, 3.8) is 0 Å². The molecule has 4 heteroatoms. The summed E-state index contributed by atoms with van der Waals surface area (Å²) < 4.78 is 2.28. The van der Waals surface area contributed by atoms with Crippen LogP contribution in [0.2, 0.25) is 0 Å². The summed E-state index contributed by atoms with van der Waals surface area (Å²) in [5, 5.41) is 2.38. The fraction of sp³-hybridized carbons (Fsp3) is 0.182.